The maximum absolute atomic E-state index is 5.75. The summed E-state index contributed by atoms with van der Waals surface area (Å²) in [6, 6.07) is 1.30. The quantitative estimate of drug-likeness (QED) is 0.818. The van der Waals surface area contributed by atoms with E-state index in [1.54, 1.807) is 5.54 Å². The molecule has 0 aromatic heterocycles. The molecule has 0 amide bonds. The van der Waals surface area contributed by atoms with Gasteiger partial charge in [0.2, 0.25) is 0 Å². The molecule has 0 aromatic rings. The Balaban J connectivity index is 2.55. The minimum atomic E-state index is 0.651. The van der Waals surface area contributed by atoms with Crippen LogP contribution in [0.3, 0.4) is 0 Å². The van der Waals surface area contributed by atoms with Gasteiger partial charge in [-0.05, 0) is 38.8 Å². The molecule has 1 saturated heterocycles. The van der Waals surface area contributed by atoms with Crippen molar-refractivity contribution in [3.63, 3.8) is 0 Å². The van der Waals surface area contributed by atoms with Crippen molar-refractivity contribution in [2.45, 2.75) is 52.1 Å². The van der Waals surface area contributed by atoms with Crippen LogP contribution in [0.25, 0.3) is 0 Å². The second kappa shape index (κ2) is 7.31. The summed E-state index contributed by atoms with van der Waals surface area (Å²) in [5.74, 6) is 0. The Kier molecular flexibility index (Phi) is 6.40. The Labute approximate surface area is 105 Å². The van der Waals surface area contributed by atoms with Gasteiger partial charge in [0, 0.05) is 30.7 Å². The lowest BCUT2D eigenvalue weighted by atomic mass is 10.1. The first kappa shape index (κ1) is 14.0. The molecule has 0 saturated carbocycles. The van der Waals surface area contributed by atoms with Crippen molar-refractivity contribution in [1.29, 1.82) is 0 Å². The highest BCUT2D eigenvalue weighted by molar-refractivity contribution is 6.25. The van der Waals surface area contributed by atoms with Crippen LogP contribution in [-0.2, 0) is 0 Å². The fourth-order valence-corrected chi connectivity index (χ4v) is 2.39. The lowest BCUT2D eigenvalue weighted by Gasteiger charge is -2.29. The summed E-state index contributed by atoms with van der Waals surface area (Å²) in [7, 11) is 0. The molecule has 0 aliphatic carbocycles. The smallest absolute Gasteiger partial charge is 0.0205 e. The standard InChI is InChI=1S/C13H25ClN2/c1-4-5-13-10-16(9-11(2)8-14)12(3)6-7-15-13/h8,12-13,15H,4-7,9-10H2,1-3H3. The predicted octanol–water partition coefficient (Wildman–Crippen LogP) is 2.98. The summed E-state index contributed by atoms with van der Waals surface area (Å²) < 4.78 is 0. The average Bonchev–Trinajstić information content (AvgIpc) is 2.42. The van der Waals surface area contributed by atoms with E-state index in [4.69, 9.17) is 11.6 Å². The van der Waals surface area contributed by atoms with E-state index < -0.39 is 0 Å². The maximum Gasteiger partial charge on any atom is 0.0205 e. The molecule has 2 unspecified atom stereocenters. The Morgan fingerprint density at radius 1 is 1.56 bits per heavy atom. The molecule has 1 N–H and O–H groups in total. The van der Waals surface area contributed by atoms with Crippen molar-refractivity contribution < 1.29 is 0 Å². The van der Waals surface area contributed by atoms with Gasteiger partial charge in [-0.2, -0.15) is 0 Å². The van der Waals surface area contributed by atoms with Crippen LogP contribution in [0.5, 0.6) is 0 Å². The van der Waals surface area contributed by atoms with Gasteiger partial charge in [-0.25, -0.2) is 0 Å². The molecule has 1 aliphatic heterocycles. The summed E-state index contributed by atoms with van der Waals surface area (Å²) in [5.41, 5.74) is 2.96. The van der Waals surface area contributed by atoms with Crippen molar-refractivity contribution >= 4 is 11.6 Å². The molecule has 0 bridgehead atoms. The first-order valence-electron chi connectivity index (χ1n) is 6.40. The van der Waals surface area contributed by atoms with Crippen molar-refractivity contribution in [3.05, 3.63) is 11.1 Å². The number of nitrogens with zero attached hydrogens (tertiary/aromatic N) is 1. The molecule has 16 heavy (non-hydrogen) atoms. The van der Waals surface area contributed by atoms with Gasteiger partial charge in [0.05, 0.1) is 0 Å². The number of hydrogen-bond acceptors (Lipinski definition) is 2. The number of rotatable bonds is 4. The monoisotopic (exact) mass is 244 g/mol. The summed E-state index contributed by atoms with van der Waals surface area (Å²) >= 11 is 5.75. The molecule has 0 radical (unpaired) electrons. The Morgan fingerprint density at radius 2 is 2.31 bits per heavy atom. The van der Waals surface area contributed by atoms with Gasteiger partial charge in [0.1, 0.15) is 0 Å². The van der Waals surface area contributed by atoms with E-state index >= 15 is 0 Å². The van der Waals surface area contributed by atoms with Crippen LogP contribution in [0.15, 0.2) is 11.1 Å². The summed E-state index contributed by atoms with van der Waals surface area (Å²) in [6.07, 6.45) is 3.76. The predicted molar refractivity (Wildman–Crippen MR) is 72.0 cm³/mol. The number of halogens is 1. The first-order chi connectivity index (χ1) is 7.67. The molecule has 2 nitrogen and oxygen atoms in total. The van der Waals surface area contributed by atoms with E-state index in [0.29, 0.717) is 12.1 Å². The molecular formula is C13H25ClN2. The van der Waals surface area contributed by atoms with Crippen molar-refractivity contribution in [2.24, 2.45) is 0 Å². The van der Waals surface area contributed by atoms with E-state index in [2.05, 4.69) is 31.0 Å². The number of hydrogen-bond donors (Lipinski definition) is 1. The Morgan fingerprint density at radius 3 is 2.94 bits per heavy atom. The zero-order valence-electron chi connectivity index (χ0n) is 10.8. The Bertz CT molecular complexity index is 228. The van der Waals surface area contributed by atoms with Gasteiger partial charge < -0.3 is 5.32 Å². The largest absolute Gasteiger partial charge is 0.313 e. The Hall–Kier alpha value is -0.0500. The zero-order valence-corrected chi connectivity index (χ0v) is 11.6. The van der Waals surface area contributed by atoms with Crippen LogP contribution in [0.1, 0.15) is 40.0 Å². The average molecular weight is 245 g/mol. The van der Waals surface area contributed by atoms with Crippen LogP contribution >= 0.6 is 11.6 Å². The van der Waals surface area contributed by atoms with E-state index in [1.807, 2.05) is 0 Å². The SMILES string of the molecule is CCCC1CN(CC(C)=CCl)C(C)CCN1. The second-order valence-electron chi connectivity index (χ2n) is 4.96. The van der Waals surface area contributed by atoms with Crippen molar-refractivity contribution in [1.82, 2.24) is 10.2 Å². The fraction of sp³-hybridized carbons (Fsp3) is 0.846. The van der Waals surface area contributed by atoms with Gasteiger partial charge in [-0.15, -0.1) is 0 Å². The van der Waals surface area contributed by atoms with Gasteiger partial charge >= 0.3 is 0 Å². The summed E-state index contributed by atoms with van der Waals surface area (Å²) in [4.78, 5) is 2.55. The zero-order chi connectivity index (χ0) is 12.0. The van der Waals surface area contributed by atoms with E-state index in [0.717, 1.165) is 19.6 Å². The highest BCUT2D eigenvalue weighted by Crippen LogP contribution is 2.13. The topological polar surface area (TPSA) is 15.3 Å². The number of nitrogens with one attached hydrogen (secondary N) is 1. The highest BCUT2D eigenvalue weighted by atomic mass is 35.5. The van der Waals surface area contributed by atoms with Crippen molar-refractivity contribution in [3.8, 4) is 0 Å². The summed E-state index contributed by atoms with van der Waals surface area (Å²) in [6.45, 7) is 9.98. The molecule has 1 aliphatic rings. The molecule has 2 atom stereocenters. The molecule has 1 heterocycles. The van der Waals surface area contributed by atoms with Crippen LogP contribution in [-0.4, -0.2) is 36.6 Å². The minimum Gasteiger partial charge on any atom is -0.313 e. The third kappa shape index (κ3) is 4.44. The van der Waals surface area contributed by atoms with Crippen LogP contribution in [0.2, 0.25) is 0 Å². The van der Waals surface area contributed by atoms with E-state index in [1.165, 1.54) is 24.8 Å². The lowest BCUT2D eigenvalue weighted by Crippen LogP contribution is -2.40. The molecule has 3 heteroatoms. The molecule has 1 fully saturated rings. The van der Waals surface area contributed by atoms with Crippen molar-refractivity contribution in [2.75, 3.05) is 19.6 Å². The summed E-state index contributed by atoms with van der Waals surface area (Å²) in [5, 5.41) is 3.64. The molecule has 0 spiro atoms. The van der Waals surface area contributed by atoms with Gasteiger partial charge in [-0.1, -0.05) is 24.9 Å². The van der Waals surface area contributed by atoms with Gasteiger partial charge in [0.25, 0.3) is 0 Å². The molecule has 1 rings (SSSR count). The first-order valence-corrected chi connectivity index (χ1v) is 6.84. The van der Waals surface area contributed by atoms with Crippen LogP contribution < -0.4 is 5.32 Å². The highest BCUT2D eigenvalue weighted by Gasteiger charge is 2.21. The third-order valence-corrected chi connectivity index (χ3v) is 3.72. The fourth-order valence-electron chi connectivity index (χ4n) is 2.32. The second-order valence-corrected chi connectivity index (χ2v) is 5.18. The molecule has 94 valence electrons. The van der Waals surface area contributed by atoms with Gasteiger partial charge in [-0.3, -0.25) is 4.90 Å². The lowest BCUT2D eigenvalue weighted by molar-refractivity contribution is 0.219. The molecule has 0 aromatic carbocycles. The van der Waals surface area contributed by atoms with E-state index in [9.17, 15) is 0 Å². The third-order valence-electron chi connectivity index (χ3n) is 3.35. The van der Waals surface area contributed by atoms with Crippen LogP contribution in [0.4, 0.5) is 0 Å². The maximum atomic E-state index is 5.75. The van der Waals surface area contributed by atoms with Crippen LogP contribution in [0, 0.1) is 0 Å². The van der Waals surface area contributed by atoms with Gasteiger partial charge in [0.15, 0.2) is 0 Å². The molecular weight excluding hydrogens is 220 g/mol. The minimum absolute atomic E-state index is 0.651. The van der Waals surface area contributed by atoms with E-state index in [-0.39, 0.29) is 0 Å². The normalized spacial score (nSPS) is 29.1.